The molecule has 1 fully saturated rings. The van der Waals surface area contributed by atoms with Crippen molar-refractivity contribution in [1.82, 2.24) is 10.2 Å². The highest BCUT2D eigenvalue weighted by Crippen LogP contribution is 2.39. The molecule has 1 N–H and O–H groups in total. The Morgan fingerprint density at radius 1 is 1.21 bits per heavy atom. The molecule has 0 radical (unpaired) electrons. The van der Waals surface area contributed by atoms with Crippen molar-refractivity contribution >= 4 is 28.2 Å². The van der Waals surface area contributed by atoms with Crippen molar-refractivity contribution in [3.8, 4) is 0 Å². The van der Waals surface area contributed by atoms with Crippen molar-refractivity contribution in [3.05, 3.63) is 35.6 Å². The summed E-state index contributed by atoms with van der Waals surface area (Å²) in [5.74, 6) is 2.90. The lowest BCUT2D eigenvalue weighted by Crippen LogP contribution is -2.38. The minimum Gasteiger partial charge on any atom is -0.452 e. The molecule has 2 aliphatic rings. The van der Waals surface area contributed by atoms with E-state index in [0.717, 1.165) is 65.8 Å². The molecule has 0 saturated heterocycles. The summed E-state index contributed by atoms with van der Waals surface area (Å²) in [4.78, 5) is 7.58. The highest BCUT2D eigenvalue weighted by molar-refractivity contribution is 6.05. The van der Waals surface area contributed by atoms with Crippen LogP contribution in [0.15, 0.2) is 33.7 Å². The third-order valence-electron chi connectivity index (χ3n) is 5.69. The second-order valence-corrected chi connectivity index (χ2v) is 8.38. The number of allylic oxidation sites excluding steroid dienone is 1. The van der Waals surface area contributed by atoms with Gasteiger partial charge >= 0.3 is 0 Å². The topological polar surface area (TPSA) is 40.8 Å². The summed E-state index contributed by atoms with van der Waals surface area (Å²) in [6.45, 7) is 9.77. The summed E-state index contributed by atoms with van der Waals surface area (Å²) >= 11 is 0. The Kier molecular flexibility index (Phi) is 5.86. The lowest BCUT2D eigenvalue weighted by atomic mass is 10.1. The number of hydrogen-bond acceptors (Lipinski definition) is 4. The van der Waals surface area contributed by atoms with Crippen molar-refractivity contribution in [1.29, 1.82) is 0 Å². The predicted molar refractivity (Wildman–Crippen MR) is 118 cm³/mol. The molecule has 1 aliphatic carbocycles. The number of aryl methyl sites for hydroxylation is 1. The number of benzene rings is 1. The van der Waals surface area contributed by atoms with Gasteiger partial charge in [-0.3, -0.25) is 4.90 Å². The highest BCUT2D eigenvalue weighted by atomic mass is 16.3. The van der Waals surface area contributed by atoms with E-state index in [4.69, 9.17) is 9.41 Å². The maximum atomic E-state index is 6.19. The Bertz CT molecular complexity index is 889. The molecule has 28 heavy (non-hydrogen) atoms. The molecule has 4 rings (SSSR count). The van der Waals surface area contributed by atoms with Crippen LogP contribution < -0.4 is 5.32 Å². The standard InChI is InChI=1S/C24H33N3O/c1-4-6-7-20-24-23(19-15-17(3)8-11-21(19)28-24)26-22(25-20)16-27(13-5-2)14-12-18-9-10-18/h7-8,11,15,18H,4-6,9-10,12-14,16H2,1-3H3,(H,25,26)/b20-7-. The molecule has 0 spiro atoms. The Morgan fingerprint density at radius 2 is 2.07 bits per heavy atom. The molecule has 150 valence electrons. The molecule has 1 saturated carbocycles. The third kappa shape index (κ3) is 4.33. The van der Waals surface area contributed by atoms with E-state index >= 15 is 0 Å². The number of hydrogen-bond donors (Lipinski definition) is 1. The quantitative estimate of drug-likeness (QED) is 0.578. The number of rotatable bonds is 9. The van der Waals surface area contributed by atoms with Crippen LogP contribution >= 0.6 is 0 Å². The van der Waals surface area contributed by atoms with Crippen LogP contribution in [0.3, 0.4) is 0 Å². The van der Waals surface area contributed by atoms with E-state index in [2.05, 4.69) is 55.3 Å². The molecule has 0 amide bonds. The first-order chi connectivity index (χ1) is 13.7. The van der Waals surface area contributed by atoms with Gasteiger partial charge in [0.1, 0.15) is 17.1 Å². The number of unbranched alkanes of at least 4 members (excludes halogenated alkanes) is 1. The minimum absolute atomic E-state index is 0.877. The fraction of sp³-hybridized carbons (Fsp3) is 0.542. The maximum absolute atomic E-state index is 6.19. The van der Waals surface area contributed by atoms with Crippen LogP contribution in [0.4, 0.5) is 5.69 Å². The molecule has 1 aliphatic heterocycles. The fourth-order valence-electron chi connectivity index (χ4n) is 3.94. The monoisotopic (exact) mass is 379 g/mol. The average molecular weight is 380 g/mol. The molecule has 0 bridgehead atoms. The first-order valence-electron chi connectivity index (χ1n) is 11.0. The van der Waals surface area contributed by atoms with Crippen molar-refractivity contribution < 1.29 is 4.42 Å². The van der Waals surface area contributed by atoms with E-state index in [0.29, 0.717) is 0 Å². The summed E-state index contributed by atoms with van der Waals surface area (Å²) in [5.41, 5.74) is 4.23. The molecule has 1 aromatic carbocycles. The lowest BCUT2D eigenvalue weighted by molar-refractivity contribution is 0.299. The van der Waals surface area contributed by atoms with Gasteiger partial charge in [-0.15, -0.1) is 0 Å². The third-order valence-corrected chi connectivity index (χ3v) is 5.69. The molecule has 4 heteroatoms. The fourth-order valence-corrected chi connectivity index (χ4v) is 3.94. The normalized spacial score (nSPS) is 17.9. The second-order valence-electron chi connectivity index (χ2n) is 8.38. The molecule has 4 nitrogen and oxygen atoms in total. The van der Waals surface area contributed by atoms with Gasteiger partial charge in [0.05, 0.1) is 12.2 Å². The van der Waals surface area contributed by atoms with Crippen molar-refractivity contribution in [2.75, 3.05) is 19.6 Å². The second kappa shape index (κ2) is 8.52. The van der Waals surface area contributed by atoms with Gasteiger partial charge in [0.2, 0.25) is 0 Å². The van der Waals surface area contributed by atoms with Crippen molar-refractivity contribution in [2.45, 2.75) is 59.3 Å². The first-order valence-corrected chi connectivity index (χ1v) is 11.0. The van der Waals surface area contributed by atoms with Gasteiger partial charge in [-0.25, -0.2) is 4.99 Å². The van der Waals surface area contributed by atoms with Crippen LogP contribution in [-0.2, 0) is 0 Å². The summed E-state index contributed by atoms with van der Waals surface area (Å²) in [6.07, 6.45) is 9.76. The number of nitrogens with zero attached hydrogens (tertiary/aromatic N) is 2. The first kappa shape index (κ1) is 19.3. The van der Waals surface area contributed by atoms with Crippen LogP contribution in [0, 0.1) is 12.8 Å². The van der Waals surface area contributed by atoms with Crippen LogP contribution in [0.5, 0.6) is 0 Å². The van der Waals surface area contributed by atoms with E-state index in [-0.39, 0.29) is 0 Å². The molecule has 1 aromatic heterocycles. The van der Waals surface area contributed by atoms with Gasteiger partial charge < -0.3 is 9.73 Å². The van der Waals surface area contributed by atoms with E-state index < -0.39 is 0 Å². The van der Waals surface area contributed by atoms with Gasteiger partial charge in [-0.2, -0.15) is 0 Å². The summed E-state index contributed by atoms with van der Waals surface area (Å²) in [7, 11) is 0. The molecule has 0 unspecified atom stereocenters. The van der Waals surface area contributed by atoms with Gasteiger partial charge in [0.15, 0.2) is 5.76 Å². The number of amidine groups is 1. The van der Waals surface area contributed by atoms with Crippen LogP contribution in [0.1, 0.15) is 63.7 Å². The molecular weight excluding hydrogens is 346 g/mol. The molecule has 2 heterocycles. The van der Waals surface area contributed by atoms with Gasteiger partial charge in [0, 0.05) is 5.39 Å². The Morgan fingerprint density at radius 3 is 2.82 bits per heavy atom. The zero-order valence-electron chi connectivity index (χ0n) is 17.6. The number of aliphatic imine (C=N–C) groups is 1. The van der Waals surface area contributed by atoms with E-state index in [1.54, 1.807) is 0 Å². The summed E-state index contributed by atoms with van der Waals surface area (Å²) in [5, 5.41) is 4.71. The molecule has 2 aromatic rings. The molecular formula is C24H33N3O. The van der Waals surface area contributed by atoms with Gasteiger partial charge in [0.25, 0.3) is 0 Å². The number of fused-ring (bicyclic) bond motifs is 3. The van der Waals surface area contributed by atoms with E-state index in [1.807, 2.05) is 0 Å². The zero-order valence-corrected chi connectivity index (χ0v) is 17.6. The maximum Gasteiger partial charge on any atom is 0.176 e. The molecule has 0 atom stereocenters. The predicted octanol–water partition coefficient (Wildman–Crippen LogP) is 6.03. The van der Waals surface area contributed by atoms with Gasteiger partial charge in [-0.05, 0) is 57.3 Å². The van der Waals surface area contributed by atoms with Crippen LogP contribution in [0.25, 0.3) is 16.7 Å². The smallest absolute Gasteiger partial charge is 0.176 e. The Labute approximate surface area is 168 Å². The Balaban J connectivity index is 1.64. The summed E-state index contributed by atoms with van der Waals surface area (Å²) in [6, 6.07) is 6.36. The van der Waals surface area contributed by atoms with Crippen LogP contribution in [-0.4, -0.2) is 30.4 Å². The highest BCUT2D eigenvalue weighted by Gasteiger charge is 2.26. The van der Waals surface area contributed by atoms with E-state index in [1.165, 1.54) is 37.8 Å². The number of furan rings is 1. The SMILES string of the molecule is CCC/C=C1\NC(CN(CCC)CCC2CC2)=Nc2c1oc1ccc(C)cc21. The van der Waals surface area contributed by atoms with Crippen LogP contribution in [0.2, 0.25) is 0 Å². The Hall–Kier alpha value is -2.07. The average Bonchev–Trinajstić information content (AvgIpc) is 3.45. The number of nitrogens with one attached hydrogen (secondary N) is 1. The lowest BCUT2D eigenvalue weighted by Gasteiger charge is -2.25. The van der Waals surface area contributed by atoms with Crippen molar-refractivity contribution in [3.63, 3.8) is 0 Å². The van der Waals surface area contributed by atoms with E-state index in [9.17, 15) is 0 Å². The van der Waals surface area contributed by atoms with Crippen molar-refractivity contribution in [2.24, 2.45) is 10.9 Å². The zero-order chi connectivity index (χ0) is 19.5. The largest absolute Gasteiger partial charge is 0.452 e. The van der Waals surface area contributed by atoms with Gasteiger partial charge in [-0.1, -0.05) is 50.8 Å². The summed E-state index contributed by atoms with van der Waals surface area (Å²) < 4.78 is 6.19. The minimum atomic E-state index is 0.877.